The van der Waals surface area contributed by atoms with E-state index in [1.54, 1.807) is 0 Å². The van der Waals surface area contributed by atoms with Gasteiger partial charge in [-0.3, -0.25) is 9.80 Å². The maximum absolute atomic E-state index is 12.8. The van der Waals surface area contributed by atoms with Crippen LogP contribution in [-0.2, 0) is 0 Å². The molecule has 126 valence electrons. The number of aryl methyl sites for hydroxylation is 1. The second-order valence-corrected chi connectivity index (χ2v) is 6.97. The highest BCUT2D eigenvalue weighted by molar-refractivity contribution is 5.95. The minimum absolute atomic E-state index is 0.118. The fraction of sp³-hybridized carbons (Fsp3) is 0.300. The van der Waals surface area contributed by atoms with Crippen LogP contribution < -0.4 is 0 Å². The molecule has 0 atom stereocenters. The molecule has 3 aromatic rings. The molecule has 5 heteroatoms. The number of nitrogens with zero attached hydrogens (tertiary/aromatic N) is 3. The molecule has 1 amide bonds. The van der Waals surface area contributed by atoms with Gasteiger partial charge in [-0.25, -0.2) is 9.99 Å². The highest BCUT2D eigenvalue weighted by atomic mass is 16.2. The second-order valence-electron chi connectivity index (χ2n) is 6.97. The van der Waals surface area contributed by atoms with Gasteiger partial charge in [-0.1, -0.05) is 24.3 Å². The first-order valence-corrected chi connectivity index (χ1v) is 8.85. The molecular formula is C20H20N4O. The van der Waals surface area contributed by atoms with Gasteiger partial charge in [0.2, 0.25) is 0 Å². The Bertz CT molecular complexity index is 939. The third-order valence-electron chi connectivity index (χ3n) is 5.42. The Balaban J connectivity index is 1.44. The molecule has 2 fully saturated rings. The van der Waals surface area contributed by atoms with Crippen LogP contribution >= 0.6 is 0 Å². The third-order valence-corrected chi connectivity index (χ3v) is 5.42. The lowest BCUT2D eigenvalue weighted by Gasteiger charge is -2.23. The first kappa shape index (κ1) is 14.7. The van der Waals surface area contributed by atoms with Crippen molar-refractivity contribution in [3.63, 3.8) is 0 Å². The van der Waals surface area contributed by atoms with E-state index in [9.17, 15) is 4.79 Å². The summed E-state index contributed by atoms with van der Waals surface area (Å²) in [5.74, 6) is 0.959. The van der Waals surface area contributed by atoms with Gasteiger partial charge in [0, 0.05) is 24.2 Å². The quantitative estimate of drug-likeness (QED) is 0.783. The van der Waals surface area contributed by atoms with Gasteiger partial charge in [0.25, 0.3) is 5.91 Å². The number of carbonyl (C=O) groups excluding carboxylic acids is 1. The number of aromatic amines is 1. The second kappa shape index (κ2) is 5.43. The molecule has 2 aliphatic rings. The van der Waals surface area contributed by atoms with Crippen molar-refractivity contribution >= 4 is 16.9 Å². The van der Waals surface area contributed by atoms with Gasteiger partial charge in [0.1, 0.15) is 5.82 Å². The highest BCUT2D eigenvalue weighted by Crippen LogP contribution is 2.30. The number of para-hydroxylation sites is 1. The van der Waals surface area contributed by atoms with Gasteiger partial charge in [-0.15, -0.1) is 0 Å². The minimum atomic E-state index is 0.118. The monoisotopic (exact) mass is 332 g/mol. The summed E-state index contributed by atoms with van der Waals surface area (Å²) in [6.45, 7) is 4.08. The van der Waals surface area contributed by atoms with Gasteiger partial charge in [0.15, 0.2) is 0 Å². The molecule has 2 aromatic carbocycles. The van der Waals surface area contributed by atoms with Crippen LogP contribution in [0.15, 0.2) is 42.5 Å². The summed E-state index contributed by atoms with van der Waals surface area (Å²) in [5.41, 5.74) is 4.94. The topological polar surface area (TPSA) is 52.2 Å². The zero-order valence-electron chi connectivity index (χ0n) is 14.2. The molecule has 0 saturated carbocycles. The van der Waals surface area contributed by atoms with E-state index in [0.717, 1.165) is 59.5 Å². The predicted molar refractivity (Wildman–Crippen MR) is 97.0 cm³/mol. The molecule has 0 radical (unpaired) electrons. The lowest BCUT2D eigenvalue weighted by molar-refractivity contribution is 0.0334. The van der Waals surface area contributed by atoms with Crippen molar-refractivity contribution in [2.24, 2.45) is 0 Å². The van der Waals surface area contributed by atoms with E-state index >= 15 is 0 Å². The van der Waals surface area contributed by atoms with E-state index in [0.29, 0.717) is 6.04 Å². The number of hydrazine groups is 1. The van der Waals surface area contributed by atoms with Crippen molar-refractivity contribution in [3.05, 3.63) is 53.6 Å². The maximum atomic E-state index is 12.8. The summed E-state index contributed by atoms with van der Waals surface area (Å²) >= 11 is 0. The summed E-state index contributed by atoms with van der Waals surface area (Å²) in [6.07, 6.45) is 2.20. The molecule has 2 saturated heterocycles. The summed E-state index contributed by atoms with van der Waals surface area (Å²) < 4.78 is 0. The molecule has 0 spiro atoms. The van der Waals surface area contributed by atoms with Crippen LogP contribution in [0.3, 0.4) is 0 Å². The molecule has 5 nitrogen and oxygen atoms in total. The average Bonchev–Trinajstić information content (AvgIpc) is 3.35. The SMILES string of the molecule is Cc1cccc2[nH]c(-c3ccc(C(=O)N4C5CCN4CC5)cc3)nc12. The summed E-state index contributed by atoms with van der Waals surface area (Å²) in [6, 6.07) is 14.3. The van der Waals surface area contributed by atoms with Crippen LogP contribution in [-0.4, -0.2) is 45.0 Å². The summed E-state index contributed by atoms with van der Waals surface area (Å²) in [7, 11) is 0. The van der Waals surface area contributed by atoms with Crippen molar-refractivity contribution < 1.29 is 4.79 Å². The molecular weight excluding hydrogens is 312 g/mol. The fourth-order valence-electron chi connectivity index (χ4n) is 4.05. The standard InChI is InChI=1S/C20H20N4O/c1-13-3-2-4-17-18(13)22-19(21-17)14-5-7-15(8-6-14)20(25)24-16-9-11-23(24)12-10-16/h2-8,16H,9-12H2,1H3,(H,21,22). The average molecular weight is 332 g/mol. The lowest BCUT2D eigenvalue weighted by Crippen LogP contribution is -2.38. The van der Waals surface area contributed by atoms with E-state index in [1.165, 1.54) is 0 Å². The van der Waals surface area contributed by atoms with Gasteiger partial charge in [-0.2, -0.15) is 0 Å². The Kier molecular flexibility index (Phi) is 3.18. The molecule has 3 heterocycles. The minimum Gasteiger partial charge on any atom is -0.338 e. The van der Waals surface area contributed by atoms with Gasteiger partial charge >= 0.3 is 0 Å². The molecule has 1 N–H and O–H groups in total. The van der Waals surface area contributed by atoms with E-state index in [1.807, 2.05) is 41.4 Å². The number of rotatable bonds is 2. The fourth-order valence-corrected chi connectivity index (χ4v) is 4.05. The first-order chi connectivity index (χ1) is 12.2. The van der Waals surface area contributed by atoms with Crippen molar-refractivity contribution in [2.45, 2.75) is 25.8 Å². The number of aromatic nitrogens is 2. The number of piperidine rings is 1. The molecule has 0 unspecified atom stereocenters. The van der Waals surface area contributed by atoms with Crippen molar-refractivity contribution in [3.8, 4) is 11.4 Å². The van der Waals surface area contributed by atoms with Crippen LogP contribution in [0.4, 0.5) is 0 Å². The van der Waals surface area contributed by atoms with E-state index in [4.69, 9.17) is 4.98 Å². The smallest absolute Gasteiger partial charge is 0.268 e. The lowest BCUT2D eigenvalue weighted by atomic mass is 10.1. The molecule has 1 aromatic heterocycles. The number of amides is 1. The summed E-state index contributed by atoms with van der Waals surface area (Å²) in [5, 5.41) is 4.14. The van der Waals surface area contributed by atoms with Crippen LogP contribution in [0.1, 0.15) is 28.8 Å². The third kappa shape index (κ3) is 2.27. The van der Waals surface area contributed by atoms with E-state index in [2.05, 4.69) is 23.0 Å². The van der Waals surface area contributed by atoms with Crippen LogP contribution in [0.5, 0.6) is 0 Å². The Morgan fingerprint density at radius 2 is 1.88 bits per heavy atom. The van der Waals surface area contributed by atoms with E-state index < -0.39 is 0 Å². The number of hydrogen-bond acceptors (Lipinski definition) is 3. The van der Waals surface area contributed by atoms with Crippen LogP contribution in [0, 0.1) is 6.92 Å². The molecule has 2 aliphatic heterocycles. The number of hydrogen-bond donors (Lipinski definition) is 1. The Morgan fingerprint density at radius 1 is 1.12 bits per heavy atom. The Hall–Kier alpha value is -2.66. The molecule has 0 aliphatic carbocycles. The number of fused-ring (bicyclic) bond motifs is 3. The van der Waals surface area contributed by atoms with Crippen molar-refractivity contribution in [1.29, 1.82) is 0 Å². The number of nitrogens with one attached hydrogen (secondary N) is 1. The molecule has 5 rings (SSSR count). The normalized spacial score (nSPS) is 22.0. The number of H-pyrrole nitrogens is 1. The summed E-state index contributed by atoms with van der Waals surface area (Å²) in [4.78, 5) is 20.9. The highest BCUT2D eigenvalue weighted by Gasteiger charge is 2.40. The Morgan fingerprint density at radius 3 is 2.52 bits per heavy atom. The van der Waals surface area contributed by atoms with Gasteiger partial charge in [0.05, 0.1) is 17.1 Å². The maximum Gasteiger partial charge on any atom is 0.268 e. The molecule has 2 bridgehead atoms. The first-order valence-electron chi connectivity index (χ1n) is 8.85. The van der Waals surface area contributed by atoms with Crippen LogP contribution in [0.2, 0.25) is 0 Å². The van der Waals surface area contributed by atoms with E-state index in [-0.39, 0.29) is 5.91 Å². The number of benzene rings is 2. The largest absolute Gasteiger partial charge is 0.338 e. The van der Waals surface area contributed by atoms with Gasteiger partial charge in [-0.05, 0) is 43.5 Å². The van der Waals surface area contributed by atoms with Crippen molar-refractivity contribution in [1.82, 2.24) is 20.0 Å². The van der Waals surface area contributed by atoms with Crippen LogP contribution in [0.25, 0.3) is 22.4 Å². The zero-order valence-corrected chi connectivity index (χ0v) is 14.2. The predicted octanol–water partition coefficient (Wildman–Crippen LogP) is 3.37. The number of carbonyl (C=O) groups is 1. The number of imidazole rings is 1. The Labute approximate surface area is 146 Å². The molecule has 25 heavy (non-hydrogen) atoms. The zero-order chi connectivity index (χ0) is 17.0. The van der Waals surface area contributed by atoms with Gasteiger partial charge < -0.3 is 4.98 Å². The van der Waals surface area contributed by atoms with Crippen molar-refractivity contribution in [2.75, 3.05) is 13.1 Å².